The van der Waals surface area contributed by atoms with Crippen LogP contribution in [0.5, 0.6) is 0 Å². The van der Waals surface area contributed by atoms with Crippen LogP contribution < -0.4 is 0 Å². The van der Waals surface area contributed by atoms with Crippen molar-refractivity contribution in [1.29, 1.82) is 0 Å². The topological polar surface area (TPSA) is 12.9 Å². The summed E-state index contributed by atoms with van der Waals surface area (Å²) in [5.41, 5.74) is 3.16. The van der Waals surface area contributed by atoms with Gasteiger partial charge in [0, 0.05) is 17.3 Å². The summed E-state index contributed by atoms with van der Waals surface area (Å²) in [6.45, 7) is 0. The third kappa shape index (κ3) is 3.62. The monoisotopic (exact) mass is 435 g/mol. The molecule has 122 valence electrons. The average Bonchev–Trinajstić information content (AvgIpc) is 2.57. The van der Waals surface area contributed by atoms with Gasteiger partial charge in [0.05, 0.1) is 35.8 Å². The predicted octanol–water partition coefficient (Wildman–Crippen LogP) is 8.34. The Balaban J connectivity index is 2.00. The molecule has 0 aliphatic rings. The van der Waals surface area contributed by atoms with Crippen LogP contribution in [-0.4, -0.2) is 4.98 Å². The number of halogens is 6. The molecule has 2 aromatic carbocycles. The van der Waals surface area contributed by atoms with E-state index in [0.717, 1.165) is 16.7 Å². The first-order valence-electron chi connectivity index (χ1n) is 6.62. The van der Waals surface area contributed by atoms with E-state index >= 15 is 0 Å². The number of rotatable bonds is 2. The van der Waals surface area contributed by atoms with Crippen LogP contribution in [-0.2, 0) is 0 Å². The van der Waals surface area contributed by atoms with Crippen molar-refractivity contribution in [2.24, 2.45) is 0 Å². The molecule has 0 saturated heterocycles. The number of hydrogen-bond donors (Lipinski definition) is 0. The lowest BCUT2D eigenvalue weighted by atomic mass is 10.1. The molecule has 0 radical (unpaired) electrons. The third-order valence-electron chi connectivity index (χ3n) is 3.36. The quantitative estimate of drug-likeness (QED) is 0.367. The van der Waals surface area contributed by atoms with Crippen LogP contribution in [0.4, 0.5) is 0 Å². The first-order chi connectivity index (χ1) is 11.4. The van der Waals surface area contributed by atoms with Crippen molar-refractivity contribution >= 4 is 69.6 Å². The number of benzene rings is 2. The molecule has 1 heterocycles. The summed E-state index contributed by atoms with van der Waals surface area (Å²) in [7, 11) is 0. The van der Waals surface area contributed by atoms with Crippen LogP contribution in [0.25, 0.3) is 22.4 Å². The van der Waals surface area contributed by atoms with Gasteiger partial charge in [-0.25, -0.2) is 0 Å². The fourth-order valence-corrected chi connectivity index (χ4v) is 3.35. The Labute approximate surface area is 169 Å². The summed E-state index contributed by atoms with van der Waals surface area (Å²) in [6, 6.07) is 10.7. The largest absolute Gasteiger partial charge is 0.256 e. The maximum atomic E-state index is 6.07. The summed E-state index contributed by atoms with van der Waals surface area (Å²) in [5, 5.41) is 2.18. The van der Waals surface area contributed by atoms with E-state index in [-0.39, 0.29) is 0 Å². The lowest BCUT2D eigenvalue weighted by Gasteiger charge is -2.08. The highest BCUT2D eigenvalue weighted by Gasteiger charge is 2.10. The number of aromatic nitrogens is 1. The van der Waals surface area contributed by atoms with Gasteiger partial charge >= 0.3 is 0 Å². The van der Waals surface area contributed by atoms with E-state index in [2.05, 4.69) is 4.98 Å². The van der Waals surface area contributed by atoms with E-state index < -0.39 is 0 Å². The van der Waals surface area contributed by atoms with Crippen molar-refractivity contribution in [3.05, 3.63) is 72.7 Å². The van der Waals surface area contributed by atoms with E-state index in [1.807, 2.05) is 12.1 Å². The maximum absolute atomic E-state index is 6.07. The molecule has 0 unspecified atom stereocenters. The summed E-state index contributed by atoms with van der Waals surface area (Å²) in [4.78, 5) is 4.44. The fraction of sp³-hybridized carbons (Fsp3) is 0. The summed E-state index contributed by atoms with van der Waals surface area (Å²) >= 11 is 36.2. The third-order valence-corrected chi connectivity index (χ3v) is 5.75. The molecule has 0 saturated carbocycles. The maximum Gasteiger partial charge on any atom is 0.0778 e. The van der Waals surface area contributed by atoms with Crippen molar-refractivity contribution in [2.75, 3.05) is 0 Å². The Morgan fingerprint density at radius 2 is 1.00 bits per heavy atom. The minimum absolute atomic E-state index is 0.323. The van der Waals surface area contributed by atoms with Crippen LogP contribution in [0, 0.1) is 0 Å². The molecule has 0 N–H and O–H groups in total. The number of nitrogens with zero attached hydrogens (tertiary/aromatic N) is 1. The van der Waals surface area contributed by atoms with Crippen LogP contribution >= 0.6 is 69.6 Å². The molecular formula is C17H7Cl6N. The molecule has 0 bridgehead atoms. The zero-order valence-corrected chi connectivity index (χ0v) is 16.3. The van der Waals surface area contributed by atoms with Gasteiger partial charge in [-0.15, -0.1) is 0 Å². The Bertz CT molecular complexity index is 798. The molecule has 1 aromatic heterocycles. The van der Waals surface area contributed by atoms with Gasteiger partial charge in [-0.3, -0.25) is 4.98 Å². The minimum atomic E-state index is 0.323. The molecule has 0 amide bonds. The smallest absolute Gasteiger partial charge is 0.0778 e. The van der Waals surface area contributed by atoms with Crippen molar-refractivity contribution in [3.8, 4) is 22.4 Å². The van der Waals surface area contributed by atoms with E-state index in [0.29, 0.717) is 35.8 Å². The van der Waals surface area contributed by atoms with Gasteiger partial charge in [-0.1, -0.05) is 75.7 Å². The van der Waals surface area contributed by atoms with E-state index in [9.17, 15) is 0 Å². The zero-order valence-electron chi connectivity index (χ0n) is 11.8. The standard InChI is InChI=1S/C17H7Cl6N/c18-11-3-9(4-12(19)16(11)22)8-1-2-15(24-7-8)10-5-13(20)17(23)14(21)6-10/h1-7H. The highest BCUT2D eigenvalue weighted by molar-refractivity contribution is 6.49. The summed E-state index contributed by atoms with van der Waals surface area (Å²) < 4.78 is 0. The fourth-order valence-electron chi connectivity index (χ4n) is 2.16. The molecule has 0 atom stereocenters. The van der Waals surface area contributed by atoms with Gasteiger partial charge in [0.2, 0.25) is 0 Å². The van der Waals surface area contributed by atoms with Crippen LogP contribution in [0.15, 0.2) is 42.6 Å². The van der Waals surface area contributed by atoms with E-state index in [1.165, 1.54) is 0 Å². The molecule has 0 aliphatic carbocycles. The average molecular weight is 438 g/mol. The van der Waals surface area contributed by atoms with Crippen molar-refractivity contribution in [1.82, 2.24) is 4.98 Å². The second-order valence-electron chi connectivity index (χ2n) is 4.94. The second-order valence-corrected chi connectivity index (χ2v) is 7.32. The van der Waals surface area contributed by atoms with Crippen molar-refractivity contribution in [2.45, 2.75) is 0 Å². The van der Waals surface area contributed by atoms with Crippen LogP contribution in [0.3, 0.4) is 0 Å². The first kappa shape index (κ1) is 18.1. The molecule has 1 nitrogen and oxygen atoms in total. The van der Waals surface area contributed by atoms with Gasteiger partial charge < -0.3 is 0 Å². The second kappa shape index (κ2) is 7.29. The highest BCUT2D eigenvalue weighted by atomic mass is 35.5. The zero-order chi connectivity index (χ0) is 17.4. The normalized spacial score (nSPS) is 10.9. The van der Waals surface area contributed by atoms with Gasteiger partial charge in [0.25, 0.3) is 0 Å². The molecular weight excluding hydrogens is 431 g/mol. The summed E-state index contributed by atoms with van der Waals surface area (Å²) in [6.07, 6.45) is 1.71. The number of hydrogen-bond acceptors (Lipinski definition) is 1. The van der Waals surface area contributed by atoms with Crippen molar-refractivity contribution < 1.29 is 0 Å². The lowest BCUT2D eigenvalue weighted by molar-refractivity contribution is 1.32. The Morgan fingerprint density at radius 3 is 1.42 bits per heavy atom. The van der Waals surface area contributed by atoms with E-state index in [4.69, 9.17) is 69.6 Å². The van der Waals surface area contributed by atoms with Crippen LogP contribution in [0.1, 0.15) is 0 Å². The summed E-state index contributed by atoms with van der Waals surface area (Å²) in [5.74, 6) is 0. The van der Waals surface area contributed by atoms with Gasteiger partial charge in [-0.2, -0.15) is 0 Å². The minimum Gasteiger partial charge on any atom is -0.256 e. The molecule has 0 fully saturated rings. The Kier molecular flexibility index (Phi) is 5.51. The van der Waals surface area contributed by atoms with Gasteiger partial charge in [0.1, 0.15) is 0 Å². The number of pyridine rings is 1. The van der Waals surface area contributed by atoms with E-state index in [1.54, 1.807) is 30.5 Å². The molecule has 24 heavy (non-hydrogen) atoms. The lowest BCUT2D eigenvalue weighted by Crippen LogP contribution is -1.87. The molecule has 7 heteroatoms. The van der Waals surface area contributed by atoms with Crippen LogP contribution in [0.2, 0.25) is 30.1 Å². The first-order valence-corrected chi connectivity index (χ1v) is 8.89. The van der Waals surface area contributed by atoms with Gasteiger partial charge in [0.15, 0.2) is 0 Å². The Hall–Kier alpha value is -0.670. The molecule has 3 rings (SSSR count). The van der Waals surface area contributed by atoms with Gasteiger partial charge in [-0.05, 0) is 35.9 Å². The Morgan fingerprint density at radius 1 is 0.542 bits per heavy atom. The molecule has 3 aromatic rings. The highest BCUT2D eigenvalue weighted by Crippen LogP contribution is 2.37. The SMILES string of the molecule is Clc1cc(-c2ccc(-c3cc(Cl)c(Cl)c(Cl)c3)nc2)cc(Cl)c1Cl. The molecule has 0 aliphatic heterocycles. The predicted molar refractivity (Wildman–Crippen MR) is 105 cm³/mol. The molecule has 0 spiro atoms. The van der Waals surface area contributed by atoms with Crippen molar-refractivity contribution in [3.63, 3.8) is 0 Å².